The van der Waals surface area contributed by atoms with E-state index in [9.17, 15) is 19.5 Å². The maximum absolute atomic E-state index is 12.4. The van der Waals surface area contributed by atoms with Crippen LogP contribution >= 0.6 is 0 Å². The Morgan fingerprint density at radius 1 is 1.17 bits per heavy atom. The summed E-state index contributed by atoms with van der Waals surface area (Å²) in [6, 6.07) is 6.34. The molecule has 8 nitrogen and oxygen atoms in total. The quantitative estimate of drug-likeness (QED) is 0.852. The minimum Gasteiger partial charge on any atom is -0.476 e. The number of amides is 1. The fraction of sp³-hybridized carbons (Fsp3) is 0.333. The second kappa shape index (κ2) is 6.17. The van der Waals surface area contributed by atoms with Crippen LogP contribution in [-0.4, -0.2) is 58.0 Å². The topological polar surface area (TPSA) is 102 Å². The van der Waals surface area contributed by atoms with Crippen LogP contribution in [0.4, 0.5) is 0 Å². The second-order valence-electron chi connectivity index (χ2n) is 5.16. The van der Waals surface area contributed by atoms with Crippen molar-refractivity contribution in [3.63, 3.8) is 0 Å². The van der Waals surface area contributed by atoms with Crippen LogP contribution < -0.4 is 5.56 Å². The maximum atomic E-state index is 12.4. The van der Waals surface area contributed by atoms with E-state index in [0.29, 0.717) is 26.3 Å². The molecule has 1 saturated heterocycles. The zero-order chi connectivity index (χ0) is 16.4. The van der Waals surface area contributed by atoms with Gasteiger partial charge in [0.15, 0.2) is 5.69 Å². The standard InChI is InChI=1S/C15H15N3O5/c19-12(17-5-7-23-8-6-17)9-18-14(20)11-4-2-1-3-10(11)13(16-18)15(21)22/h1-4H,5-9H2,(H,21,22). The molecule has 1 aromatic carbocycles. The van der Waals surface area contributed by atoms with Gasteiger partial charge in [0, 0.05) is 18.5 Å². The molecule has 0 bridgehead atoms. The molecule has 120 valence electrons. The van der Waals surface area contributed by atoms with Gasteiger partial charge >= 0.3 is 5.97 Å². The highest BCUT2D eigenvalue weighted by atomic mass is 16.5. The molecule has 2 heterocycles. The lowest BCUT2D eigenvalue weighted by Gasteiger charge is -2.26. The summed E-state index contributed by atoms with van der Waals surface area (Å²) in [6.07, 6.45) is 0. The maximum Gasteiger partial charge on any atom is 0.357 e. The molecular weight excluding hydrogens is 302 g/mol. The number of aromatic nitrogens is 2. The van der Waals surface area contributed by atoms with Crippen LogP contribution in [0, 0.1) is 0 Å². The lowest BCUT2D eigenvalue weighted by Crippen LogP contribution is -2.44. The van der Waals surface area contributed by atoms with Gasteiger partial charge in [0.1, 0.15) is 6.54 Å². The normalized spacial score (nSPS) is 14.9. The van der Waals surface area contributed by atoms with Gasteiger partial charge in [-0.25, -0.2) is 9.48 Å². The first-order valence-electron chi connectivity index (χ1n) is 7.16. The Bertz CT molecular complexity index is 823. The summed E-state index contributed by atoms with van der Waals surface area (Å²) in [6.45, 7) is 1.52. The fourth-order valence-electron chi connectivity index (χ4n) is 2.54. The third-order valence-corrected chi connectivity index (χ3v) is 3.72. The molecule has 23 heavy (non-hydrogen) atoms. The molecular formula is C15H15N3O5. The lowest BCUT2D eigenvalue weighted by atomic mass is 10.1. The second-order valence-corrected chi connectivity index (χ2v) is 5.16. The molecule has 0 atom stereocenters. The zero-order valence-corrected chi connectivity index (χ0v) is 12.3. The third-order valence-electron chi connectivity index (χ3n) is 3.72. The number of carboxylic acid groups (broad SMARTS) is 1. The van der Waals surface area contributed by atoms with Crippen molar-refractivity contribution in [3.05, 3.63) is 40.3 Å². The molecule has 3 rings (SSSR count). The molecule has 2 aromatic rings. The van der Waals surface area contributed by atoms with E-state index in [4.69, 9.17) is 4.74 Å². The molecule has 0 saturated carbocycles. The number of nitrogens with zero attached hydrogens (tertiary/aromatic N) is 3. The molecule has 1 amide bonds. The summed E-state index contributed by atoms with van der Waals surface area (Å²) in [7, 11) is 0. The molecule has 0 unspecified atom stereocenters. The average molecular weight is 317 g/mol. The average Bonchev–Trinajstić information content (AvgIpc) is 2.58. The molecule has 1 aromatic heterocycles. The van der Waals surface area contributed by atoms with Crippen LogP contribution in [-0.2, 0) is 16.1 Å². The summed E-state index contributed by atoms with van der Waals surface area (Å²) in [4.78, 5) is 37.6. The summed E-state index contributed by atoms with van der Waals surface area (Å²) < 4.78 is 6.10. The molecule has 1 aliphatic rings. The van der Waals surface area contributed by atoms with Crippen LogP contribution in [0.2, 0.25) is 0 Å². The van der Waals surface area contributed by atoms with Gasteiger partial charge in [-0.2, -0.15) is 5.10 Å². The number of morpholine rings is 1. The lowest BCUT2D eigenvalue weighted by molar-refractivity contribution is -0.136. The monoisotopic (exact) mass is 317 g/mol. The number of benzene rings is 1. The number of fused-ring (bicyclic) bond motifs is 1. The number of hydrogen-bond donors (Lipinski definition) is 1. The van der Waals surface area contributed by atoms with Crippen molar-refractivity contribution in [2.45, 2.75) is 6.54 Å². The summed E-state index contributed by atoms with van der Waals surface area (Å²) in [5, 5.41) is 13.6. The summed E-state index contributed by atoms with van der Waals surface area (Å²) >= 11 is 0. The molecule has 1 fully saturated rings. The molecule has 1 N–H and O–H groups in total. The Labute approximate surface area is 130 Å². The largest absolute Gasteiger partial charge is 0.476 e. The molecule has 0 radical (unpaired) electrons. The van der Waals surface area contributed by atoms with Crippen LogP contribution in [0.25, 0.3) is 10.8 Å². The first-order chi connectivity index (χ1) is 11.1. The number of ether oxygens (including phenoxy) is 1. The van der Waals surface area contributed by atoms with E-state index in [2.05, 4.69) is 5.10 Å². The van der Waals surface area contributed by atoms with Crippen LogP contribution in [0.15, 0.2) is 29.1 Å². The van der Waals surface area contributed by atoms with E-state index in [1.54, 1.807) is 17.0 Å². The minimum atomic E-state index is -1.24. The van der Waals surface area contributed by atoms with Crippen molar-refractivity contribution in [2.24, 2.45) is 0 Å². The Balaban J connectivity index is 2.00. The van der Waals surface area contributed by atoms with E-state index < -0.39 is 11.5 Å². The summed E-state index contributed by atoms with van der Waals surface area (Å²) in [5.41, 5.74) is -0.720. The van der Waals surface area contributed by atoms with Gasteiger partial charge in [0.25, 0.3) is 5.56 Å². The number of rotatable bonds is 3. The van der Waals surface area contributed by atoms with E-state index in [0.717, 1.165) is 4.68 Å². The van der Waals surface area contributed by atoms with Gasteiger partial charge in [0.05, 0.1) is 18.6 Å². The van der Waals surface area contributed by atoms with Crippen LogP contribution in [0.1, 0.15) is 10.5 Å². The number of hydrogen-bond acceptors (Lipinski definition) is 5. The Hall–Kier alpha value is -2.74. The van der Waals surface area contributed by atoms with Crippen molar-refractivity contribution in [2.75, 3.05) is 26.3 Å². The first kappa shape index (κ1) is 15.2. The highest BCUT2D eigenvalue weighted by Gasteiger charge is 2.21. The van der Waals surface area contributed by atoms with Crippen molar-refractivity contribution in [3.8, 4) is 0 Å². The van der Waals surface area contributed by atoms with Gasteiger partial charge in [0.2, 0.25) is 5.91 Å². The Kier molecular flexibility index (Phi) is 4.07. The van der Waals surface area contributed by atoms with Crippen LogP contribution in [0.3, 0.4) is 0 Å². The zero-order valence-electron chi connectivity index (χ0n) is 12.3. The first-order valence-corrected chi connectivity index (χ1v) is 7.16. The van der Waals surface area contributed by atoms with Crippen molar-refractivity contribution in [1.82, 2.24) is 14.7 Å². The van der Waals surface area contributed by atoms with Gasteiger partial charge < -0.3 is 14.7 Å². The van der Waals surface area contributed by atoms with Gasteiger partial charge in [-0.15, -0.1) is 0 Å². The van der Waals surface area contributed by atoms with E-state index in [1.165, 1.54) is 12.1 Å². The van der Waals surface area contributed by atoms with Crippen molar-refractivity contribution >= 4 is 22.6 Å². The van der Waals surface area contributed by atoms with Crippen LogP contribution in [0.5, 0.6) is 0 Å². The number of carbonyl (C=O) groups excluding carboxylic acids is 1. The fourth-order valence-corrected chi connectivity index (χ4v) is 2.54. The third kappa shape index (κ3) is 2.93. The highest BCUT2D eigenvalue weighted by molar-refractivity contribution is 6.01. The molecule has 0 aliphatic carbocycles. The van der Waals surface area contributed by atoms with Gasteiger partial charge in [-0.1, -0.05) is 18.2 Å². The predicted octanol–water partition coefficient (Wildman–Crippen LogP) is -0.0465. The predicted molar refractivity (Wildman–Crippen MR) is 80.4 cm³/mol. The molecule has 1 aliphatic heterocycles. The van der Waals surface area contributed by atoms with Crippen molar-refractivity contribution < 1.29 is 19.4 Å². The number of carboxylic acids is 1. The molecule has 8 heteroatoms. The highest BCUT2D eigenvalue weighted by Crippen LogP contribution is 2.13. The molecule has 0 spiro atoms. The van der Waals surface area contributed by atoms with E-state index >= 15 is 0 Å². The van der Waals surface area contributed by atoms with Gasteiger partial charge in [-0.05, 0) is 6.07 Å². The SMILES string of the molecule is O=C(O)c1nn(CC(=O)N2CCOCC2)c(=O)c2ccccc12. The van der Waals surface area contributed by atoms with Crippen molar-refractivity contribution in [1.29, 1.82) is 0 Å². The van der Waals surface area contributed by atoms with Gasteiger partial charge in [-0.3, -0.25) is 9.59 Å². The Morgan fingerprint density at radius 2 is 1.83 bits per heavy atom. The smallest absolute Gasteiger partial charge is 0.357 e. The van der Waals surface area contributed by atoms with E-state index in [-0.39, 0.29) is 28.9 Å². The van der Waals surface area contributed by atoms with E-state index in [1.807, 2.05) is 0 Å². The number of carbonyl (C=O) groups is 2. The number of aromatic carboxylic acids is 1. The minimum absolute atomic E-state index is 0.231. The Morgan fingerprint density at radius 3 is 2.48 bits per heavy atom. The summed E-state index contributed by atoms with van der Waals surface area (Å²) in [5.74, 6) is -1.52.